The van der Waals surface area contributed by atoms with Gasteiger partial charge < -0.3 is 9.47 Å². The lowest BCUT2D eigenvalue weighted by Gasteiger charge is -2.06. The lowest BCUT2D eigenvalue weighted by atomic mass is 10.0. The van der Waals surface area contributed by atoms with Crippen molar-refractivity contribution < 1.29 is 13.9 Å². The van der Waals surface area contributed by atoms with E-state index in [0.29, 0.717) is 25.1 Å². The molecule has 0 fully saturated rings. The molecule has 0 aliphatic heterocycles. The second-order valence-corrected chi connectivity index (χ2v) is 6.77. The lowest BCUT2D eigenvalue weighted by molar-refractivity contribution is 0.201. The van der Waals surface area contributed by atoms with Gasteiger partial charge in [-0.25, -0.2) is 4.39 Å². The Balaban J connectivity index is 1.95. The molecule has 0 amide bonds. The number of hydrogen-bond donors (Lipinski definition) is 0. The Bertz CT molecular complexity index is 899. The van der Waals surface area contributed by atoms with Crippen LogP contribution in [0.5, 0.6) is 5.75 Å². The fourth-order valence-corrected chi connectivity index (χ4v) is 3.23. The molecule has 6 heteroatoms. The first kappa shape index (κ1) is 19.4. The van der Waals surface area contributed by atoms with E-state index in [-0.39, 0.29) is 10.8 Å². The Morgan fingerprint density at radius 1 is 1.15 bits per heavy atom. The Morgan fingerprint density at radius 2 is 1.89 bits per heavy atom. The number of benzene rings is 2. The van der Waals surface area contributed by atoms with Gasteiger partial charge in [0.25, 0.3) is 0 Å². The van der Waals surface area contributed by atoms with Crippen LogP contribution in [0.15, 0.2) is 42.6 Å². The maximum Gasteiger partial charge on any atom is 0.144 e. The summed E-state index contributed by atoms with van der Waals surface area (Å²) in [4.78, 5) is 0. The molecule has 1 aromatic heterocycles. The third-order valence-electron chi connectivity index (χ3n) is 4.41. The smallest absolute Gasteiger partial charge is 0.144 e. The summed E-state index contributed by atoms with van der Waals surface area (Å²) in [5.41, 5.74) is 4.30. The van der Waals surface area contributed by atoms with Crippen molar-refractivity contribution in [2.45, 2.75) is 19.9 Å². The van der Waals surface area contributed by atoms with Crippen LogP contribution < -0.4 is 4.74 Å². The molecule has 3 rings (SSSR count). The average molecular weight is 389 g/mol. The topological polar surface area (TPSA) is 36.3 Å². The fourth-order valence-electron chi connectivity index (χ4n) is 2.97. The Morgan fingerprint density at radius 3 is 2.52 bits per heavy atom. The maximum absolute atomic E-state index is 13.9. The van der Waals surface area contributed by atoms with Crippen LogP contribution in [0.4, 0.5) is 4.39 Å². The first-order valence-electron chi connectivity index (χ1n) is 8.66. The van der Waals surface area contributed by atoms with Crippen LogP contribution in [0.25, 0.3) is 11.1 Å². The fraction of sp³-hybridized carbons (Fsp3) is 0.286. The molecule has 1 heterocycles. The highest BCUT2D eigenvalue weighted by molar-refractivity contribution is 6.31. The molecule has 2 aromatic carbocycles. The van der Waals surface area contributed by atoms with Crippen molar-refractivity contribution in [2.24, 2.45) is 0 Å². The van der Waals surface area contributed by atoms with Crippen LogP contribution in [0.1, 0.15) is 16.8 Å². The first-order chi connectivity index (χ1) is 13.0. The number of methoxy groups -OCH3 is 2. The predicted molar refractivity (Wildman–Crippen MR) is 105 cm³/mol. The van der Waals surface area contributed by atoms with Crippen LogP contribution in [0, 0.1) is 12.7 Å². The zero-order valence-corrected chi connectivity index (χ0v) is 16.4. The number of hydrogen-bond acceptors (Lipinski definition) is 3. The molecular weight excluding hydrogens is 367 g/mol. The van der Waals surface area contributed by atoms with Crippen LogP contribution in [-0.4, -0.2) is 30.6 Å². The number of aryl methyl sites for hydroxylation is 1. The van der Waals surface area contributed by atoms with Gasteiger partial charge in [-0.15, -0.1) is 0 Å². The second-order valence-electron chi connectivity index (χ2n) is 6.37. The van der Waals surface area contributed by atoms with Gasteiger partial charge in [0.05, 0.1) is 31.0 Å². The SMILES string of the molecule is COCCc1nn(Cc2ccc(OC)cc2)cc1-c1cc(C)c(F)c(Cl)c1. The van der Waals surface area contributed by atoms with Gasteiger partial charge in [-0.05, 0) is 47.9 Å². The third kappa shape index (κ3) is 4.49. The zero-order valence-electron chi connectivity index (χ0n) is 15.6. The molecule has 0 saturated carbocycles. The summed E-state index contributed by atoms with van der Waals surface area (Å²) >= 11 is 6.05. The lowest BCUT2D eigenvalue weighted by Crippen LogP contribution is -2.02. The molecule has 0 radical (unpaired) electrons. The molecule has 0 N–H and O–H groups in total. The second kappa shape index (κ2) is 8.55. The van der Waals surface area contributed by atoms with Crippen LogP contribution >= 0.6 is 11.6 Å². The average Bonchev–Trinajstić information content (AvgIpc) is 3.07. The molecule has 4 nitrogen and oxygen atoms in total. The van der Waals surface area contributed by atoms with Gasteiger partial charge in [-0.2, -0.15) is 5.10 Å². The molecule has 0 aliphatic carbocycles. The summed E-state index contributed by atoms with van der Waals surface area (Å²) in [6, 6.07) is 11.3. The predicted octanol–water partition coefficient (Wildman–Crippen LogP) is 4.90. The monoisotopic (exact) mass is 388 g/mol. The minimum atomic E-state index is -0.385. The summed E-state index contributed by atoms with van der Waals surface area (Å²) in [5.74, 6) is 0.432. The highest BCUT2D eigenvalue weighted by Crippen LogP contribution is 2.30. The van der Waals surface area contributed by atoms with Crippen molar-refractivity contribution in [1.29, 1.82) is 0 Å². The molecule has 0 saturated heterocycles. The number of nitrogens with zero attached hydrogens (tertiary/aromatic N) is 2. The minimum Gasteiger partial charge on any atom is -0.497 e. The maximum atomic E-state index is 13.9. The number of rotatable bonds is 7. The normalized spacial score (nSPS) is 11.0. The van der Waals surface area contributed by atoms with Crippen LogP contribution in [0.3, 0.4) is 0 Å². The molecule has 3 aromatic rings. The summed E-state index contributed by atoms with van der Waals surface area (Å²) in [5, 5.41) is 4.83. The standard InChI is InChI=1S/C21H22ClFN2O2/c1-14-10-16(11-19(22)21(14)23)18-13-25(24-20(18)8-9-26-2)12-15-4-6-17(27-3)7-5-15/h4-7,10-11,13H,8-9,12H2,1-3H3. The van der Waals surface area contributed by atoms with Crippen molar-refractivity contribution in [3.8, 4) is 16.9 Å². The summed E-state index contributed by atoms with van der Waals surface area (Å²) in [7, 11) is 3.31. The molecule has 0 bridgehead atoms. The van der Waals surface area contributed by atoms with Crippen molar-refractivity contribution in [3.05, 3.63) is 70.3 Å². The van der Waals surface area contributed by atoms with E-state index in [9.17, 15) is 4.39 Å². The molecule has 0 atom stereocenters. The third-order valence-corrected chi connectivity index (χ3v) is 4.68. The van der Waals surface area contributed by atoms with Gasteiger partial charge in [0, 0.05) is 25.3 Å². The van der Waals surface area contributed by atoms with Gasteiger partial charge in [0.1, 0.15) is 11.6 Å². The van der Waals surface area contributed by atoms with E-state index >= 15 is 0 Å². The summed E-state index contributed by atoms with van der Waals surface area (Å²) < 4.78 is 26.2. The Labute approximate surface area is 163 Å². The van der Waals surface area contributed by atoms with Crippen molar-refractivity contribution in [3.63, 3.8) is 0 Å². The quantitative estimate of drug-likeness (QED) is 0.577. The van der Waals surface area contributed by atoms with E-state index in [1.807, 2.05) is 35.1 Å². The van der Waals surface area contributed by atoms with E-state index in [4.69, 9.17) is 26.2 Å². The van der Waals surface area contributed by atoms with E-state index < -0.39 is 0 Å². The molecule has 142 valence electrons. The molecule has 0 spiro atoms. The van der Waals surface area contributed by atoms with Gasteiger partial charge in [0.15, 0.2) is 0 Å². The van der Waals surface area contributed by atoms with E-state index in [1.54, 1.807) is 33.3 Å². The van der Waals surface area contributed by atoms with E-state index in [0.717, 1.165) is 28.1 Å². The minimum absolute atomic E-state index is 0.116. The molecule has 27 heavy (non-hydrogen) atoms. The van der Waals surface area contributed by atoms with E-state index in [1.165, 1.54) is 0 Å². The largest absolute Gasteiger partial charge is 0.497 e. The Hall–Kier alpha value is -2.37. The zero-order chi connectivity index (χ0) is 19.4. The number of aromatic nitrogens is 2. The highest BCUT2D eigenvalue weighted by Gasteiger charge is 2.15. The molecular formula is C21H22ClFN2O2. The molecule has 0 aliphatic rings. The van der Waals surface area contributed by atoms with Crippen molar-refractivity contribution >= 4 is 11.6 Å². The van der Waals surface area contributed by atoms with Gasteiger partial charge in [-0.3, -0.25) is 4.68 Å². The van der Waals surface area contributed by atoms with Gasteiger partial charge in [0.2, 0.25) is 0 Å². The van der Waals surface area contributed by atoms with Gasteiger partial charge >= 0.3 is 0 Å². The van der Waals surface area contributed by atoms with Crippen LogP contribution in [-0.2, 0) is 17.7 Å². The number of halogens is 2. The van der Waals surface area contributed by atoms with Gasteiger partial charge in [-0.1, -0.05) is 23.7 Å². The number of ether oxygens (including phenoxy) is 2. The van der Waals surface area contributed by atoms with Crippen molar-refractivity contribution in [2.75, 3.05) is 20.8 Å². The first-order valence-corrected chi connectivity index (χ1v) is 9.04. The summed E-state index contributed by atoms with van der Waals surface area (Å²) in [6.07, 6.45) is 2.63. The molecule has 0 unspecified atom stereocenters. The summed E-state index contributed by atoms with van der Waals surface area (Å²) in [6.45, 7) is 2.89. The van der Waals surface area contributed by atoms with Crippen molar-refractivity contribution in [1.82, 2.24) is 9.78 Å². The van der Waals surface area contributed by atoms with E-state index in [2.05, 4.69) is 0 Å². The highest BCUT2D eigenvalue weighted by atomic mass is 35.5. The van der Waals surface area contributed by atoms with Crippen LogP contribution in [0.2, 0.25) is 5.02 Å². The Kier molecular flexibility index (Phi) is 6.14.